The summed E-state index contributed by atoms with van der Waals surface area (Å²) >= 11 is 12.4. The molecule has 12 heteroatoms. The molecule has 0 spiro atoms. The molecule has 196 valence electrons. The Morgan fingerprint density at radius 3 is 2.11 bits per heavy atom. The van der Waals surface area contributed by atoms with Gasteiger partial charge in [0, 0.05) is 0 Å². The van der Waals surface area contributed by atoms with E-state index in [1.165, 1.54) is 19.9 Å². The molecule has 2 aromatic carbocycles. The normalized spacial score (nSPS) is 12.9. The van der Waals surface area contributed by atoms with Crippen LogP contribution in [0.3, 0.4) is 0 Å². The molecule has 0 aliphatic heterocycles. The summed E-state index contributed by atoms with van der Waals surface area (Å²) in [6.45, 7) is 6.13. The maximum atomic E-state index is 13.0. The van der Waals surface area contributed by atoms with Crippen LogP contribution < -0.4 is 4.74 Å². The monoisotopic (exact) mass is 550 g/mol. The van der Waals surface area contributed by atoms with Crippen LogP contribution in [0, 0.1) is 0 Å². The van der Waals surface area contributed by atoms with E-state index in [0.717, 1.165) is 18.2 Å². The molecule has 2 aromatic rings. The SMILES string of the molecule is CCOC(=O)C(C)OC(=O)c1cc(Oc2ccc(C(F)(F)F)cc2Cl)cc([C@H](C)C(=O)OCC)c1Cl. The predicted molar refractivity (Wildman–Crippen MR) is 125 cm³/mol. The summed E-state index contributed by atoms with van der Waals surface area (Å²) in [7, 11) is 0. The van der Waals surface area contributed by atoms with Crippen LogP contribution in [0.2, 0.25) is 10.0 Å². The van der Waals surface area contributed by atoms with E-state index in [4.69, 9.17) is 42.1 Å². The zero-order chi connectivity index (χ0) is 27.2. The van der Waals surface area contributed by atoms with Crippen LogP contribution >= 0.6 is 23.2 Å². The summed E-state index contributed by atoms with van der Waals surface area (Å²) in [5, 5.41) is -0.512. The molecule has 0 aliphatic rings. The largest absolute Gasteiger partial charge is 0.466 e. The van der Waals surface area contributed by atoms with Crippen molar-refractivity contribution in [2.45, 2.75) is 45.9 Å². The Balaban J connectivity index is 2.51. The highest BCUT2D eigenvalue weighted by Gasteiger charge is 2.31. The quantitative estimate of drug-likeness (QED) is 0.257. The number of ether oxygens (including phenoxy) is 4. The van der Waals surface area contributed by atoms with Gasteiger partial charge in [-0.3, -0.25) is 4.79 Å². The molecule has 0 fully saturated rings. The van der Waals surface area contributed by atoms with Crippen LogP contribution in [0.1, 0.15) is 55.1 Å². The first-order valence-corrected chi connectivity index (χ1v) is 11.5. The summed E-state index contributed by atoms with van der Waals surface area (Å²) in [4.78, 5) is 37.1. The fraction of sp³-hybridized carbons (Fsp3) is 0.375. The molecule has 0 aliphatic carbocycles. The zero-order valence-corrected chi connectivity index (χ0v) is 21.2. The van der Waals surface area contributed by atoms with E-state index in [2.05, 4.69) is 0 Å². The molecule has 0 N–H and O–H groups in total. The van der Waals surface area contributed by atoms with Crippen molar-refractivity contribution in [1.29, 1.82) is 0 Å². The van der Waals surface area contributed by atoms with Crippen LogP contribution in [0.4, 0.5) is 13.2 Å². The van der Waals surface area contributed by atoms with Gasteiger partial charge in [0.2, 0.25) is 0 Å². The van der Waals surface area contributed by atoms with Gasteiger partial charge in [-0.15, -0.1) is 0 Å². The first-order valence-electron chi connectivity index (χ1n) is 10.7. The van der Waals surface area contributed by atoms with Gasteiger partial charge in [-0.25, -0.2) is 9.59 Å². The zero-order valence-electron chi connectivity index (χ0n) is 19.7. The van der Waals surface area contributed by atoms with Gasteiger partial charge in [-0.1, -0.05) is 23.2 Å². The number of hydrogen-bond donors (Lipinski definition) is 0. The number of carbonyl (C=O) groups excluding carboxylic acids is 3. The molecule has 0 aromatic heterocycles. The first-order chi connectivity index (χ1) is 16.8. The lowest BCUT2D eigenvalue weighted by molar-refractivity contribution is -0.152. The van der Waals surface area contributed by atoms with Crippen molar-refractivity contribution in [1.82, 2.24) is 0 Å². The van der Waals surface area contributed by atoms with E-state index in [1.807, 2.05) is 0 Å². The van der Waals surface area contributed by atoms with E-state index < -0.39 is 41.7 Å². The third kappa shape index (κ3) is 7.27. The molecular formula is C24H23Cl2F3O7. The minimum absolute atomic E-state index is 0.0693. The number of hydrogen-bond acceptors (Lipinski definition) is 7. The Hall–Kier alpha value is -2.98. The lowest BCUT2D eigenvalue weighted by Crippen LogP contribution is -2.26. The van der Waals surface area contributed by atoms with Crippen molar-refractivity contribution in [2.75, 3.05) is 13.2 Å². The molecule has 0 saturated carbocycles. The lowest BCUT2D eigenvalue weighted by atomic mass is 9.98. The molecule has 1 unspecified atom stereocenters. The van der Waals surface area contributed by atoms with E-state index in [1.54, 1.807) is 13.8 Å². The predicted octanol–water partition coefficient (Wildman–Crippen LogP) is 6.58. The number of rotatable bonds is 9. The van der Waals surface area contributed by atoms with Crippen LogP contribution in [-0.4, -0.2) is 37.2 Å². The minimum Gasteiger partial charge on any atom is -0.466 e. The van der Waals surface area contributed by atoms with E-state index in [9.17, 15) is 27.6 Å². The Morgan fingerprint density at radius 2 is 1.56 bits per heavy atom. The van der Waals surface area contributed by atoms with Crippen LogP contribution in [0.15, 0.2) is 30.3 Å². The van der Waals surface area contributed by atoms with Crippen molar-refractivity contribution >= 4 is 41.1 Å². The standard InChI is InChI=1S/C24H23Cl2F3O7/c1-5-33-21(30)12(3)16-10-15(36-19-8-7-14(9-18(19)25)24(27,28)29)11-17(20(16)26)23(32)35-13(4)22(31)34-6-2/h7-13H,5-6H2,1-4H3/t12-,13?/m0/s1. The molecule has 0 amide bonds. The van der Waals surface area contributed by atoms with Gasteiger partial charge in [0.05, 0.1) is 40.3 Å². The fourth-order valence-electron chi connectivity index (χ4n) is 2.95. The summed E-state index contributed by atoms with van der Waals surface area (Å²) in [6, 6.07) is 4.94. The topological polar surface area (TPSA) is 88.1 Å². The summed E-state index contributed by atoms with van der Waals surface area (Å²) < 4.78 is 59.5. The third-order valence-electron chi connectivity index (χ3n) is 4.79. The smallest absolute Gasteiger partial charge is 0.416 e. The van der Waals surface area contributed by atoms with E-state index in [0.29, 0.717) is 6.07 Å². The summed E-state index contributed by atoms with van der Waals surface area (Å²) in [5.74, 6) is -3.65. The summed E-state index contributed by atoms with van der Waals surface area (Å²) in [5.41, 5.74) is -1.13. The van der Waals surface area contributed by atoms with Gasteiger partial charge in [0.1, 0.15) is 11.5 Å². The van der Waals surface area contributed by atoms with Crippen molar-refractivity contribution in [3.8, 4) is 11.5 Å². The molecule has 0 bridgehead atoms. The van der Waals surface area contributed by atoms with Gasteiger partial charge in [-0.05, 0) is 63.6 Å². The highest BCUT2D eigenvalue weighted by atomic mass is 35.5. The Bertz CT molecular complexity index is 1140. The van der Waals surface area contributed by atoms with Gasteiger partial charge >= 0.3 is 24.1 Å². The Kier molecular flexibility index (Phi) is 10.0. The second-order valence-electron chi connectivity index (χ2n) is 7.39. The molecule has 7 nitrogen and oxygen atoms in total. The minimum atomic E-state index is -4.61. The number of alkyl halides is 3. The van der Waals surface area contributed by atoms with Crippen LogP contribution in [-0.2, 0) is 30.0 Å². The van der Waals surface area contributed by atoms with Crippen molar-refractivity contribution in [2.24, 2.45) is 0 Å². The number of carbonyl (C=O) groups is 3. The Labute approximate surface area is 215 Å². The first kappa shape index (κ1) is 29.3. The van der Waals surface area contributed by atoms with Gasteiger partial charge < -0.3 is 18.9 Å². The van der Waals surface area contributed by atoms with E-state index >= 15 is 0 Å². The molecule has 2 atom stereocenters. The number of benzene rings is 2. The molecule has 0 saturated heterocycles. The van der Waals surface area contributed by atoms with Crippen molar-refractivity contribution < 1.29 is 46.5 Å². The highest BCUT2D eigenvalue weighted by molar-refractivity contribution is 6.34. The number of esters is 3. The number of halogens is 5. The van der Waals surface area contributed by atoms with Crippen molar-refractivity contribution in [3.05, 3.63) is 57.1 Å². The van der Waals surface area contributed by atoms with E-state index in [-0.39, 0.29) is 45.9 Å². The molecular weight excluding hydrogens is 528 g/mol. The van der Waals surface area contributed by atoms with Crippen molar-refractivity contribution in [3.63, 3.8) is 0 Å². The van der Waals surface area contributed by atoms with Crippen LogP contribution in [0.25, 0.3) is 0 Å². The summed E-state index contributed by atoms with van der Waals surface area (Å²) in [6.07, 6.45) is -5.88. The average molecular weight is 551 g/mol. The second-order valence-corrected chi connectivity index (χ2v) is 8.18. The van der Waals surface area contributed by atoms with Gasteiger partial charge in [-0.2, -0.15) is 13.2 Å². The maximum Gasteiger partial charge on any atom is 0.416 e. The highest BCUT2D eigenvalue weighted by Crippen LogP contribution is 2.39. The molecule has 0 radical (unpaired) electrons. The fourth-order valence-corrected chi connectivity index (χ4v) is 3.52. The Morgan fingerprint density at radius 1 is 0.944 bits per heavy atom. The second kappa shape index (κ2) is 12.3. The average Bonchev–Trinajstić information content (AvgIpc) is 2.80. The molecule has 0 heterocycles. The maximum absolute atomic E-state index is 13.0. The molecule has 36 heavy (non-hydrogen) atoms. The third-order valence-corrected chi connectivity index (χ3v) is 5.51. The molecule has 2 rings (SSSR count). The lowest BCUT2D eigenvalue weighted by Gasteiger charge is -2.18. The van der Waals surface area contributed by atoms with Crippen LogP contribution in [0.5, 0.6) is 11.5 Å². The van der Waals surface area contributed by atoms with Gasteiger partial charge in [0.15, 0.2) is 6.10 Å². The van der Waals surface area contributed by atoms with Gasteiger partial charge in [0.25, 0.3) is 0 Å².